The van der Waals surface area contributed by atoms with Crippen molar-refractivity contribution in [2.75, 3.05) is 19.7 Å². The summed E-state index contributed by atoms with van der Waals surface area (Å²) in [5.74, 6) is 0. The van der Waals surface area contributed by atoms with Crippen LogP contribution in [0.2, 0.25) is 0 Å². The van der Waals surface area contributed by atoms with Gasteiger partial charge in [-0.25, -0.2) is 4.79 Å². The molecule has 1 heterocycles. The number of fused-ring (bicyclic) bond motifs is 1. The number of likely N-dealkylation sites (tertiary alicyclic amines) is 1. The van der Waals surface area contributed by atoms with Gasteiger partial charge in [-0.2, -0.15) is 0 Å². The van der Waals surface area contributed by atoms with Crippen LogP contribution in [0, 0.1) is 5.41 Å². The number of nitrogens with one attached hydrogen (secondary N) is 1. The molecule has 2 N–H and O–H groups in total. The van der Waals surface area contributed by atoms with Crippen molar-refractivity contribution in [2.24, 2.45) is 5.41 Å². The van der Waals surface area contributed by atoms with Crippen molar-refractivity contribution < 1.29 is 9.90 Å². The van der Waals surface area contributed by atoms with Crippen LogP contribution in [0.3, 0.4) is 0 Å². The molecule has 0 bridgehead atoms. The molecule has 0 saturated carbocycles. The highest BCUT2D eigenvalue weighted by molar-refractivity contribution is 5.83. The van der Waals surface area contributed by atoms with Gasteiger partial charge in [-0.05, 0) is 47.1 Å². The Morgan fingerprint density at radius 1 is 1.17 bits per heavy atom. The zero-order valence-electron chi connectivity index (χ0n) is 14.3. The molecule has 2 aromatic carbocycles. The Morgan fingerprint density at radius 3 is 2.54 bits per heavy atom. The minimum atomic E-state index is -0.00852. The standard InChI is InChI=1S/C20H26N2O2/c1-2-20(15-23)9-11-22(12-10-20)19(24)21-14-16-7-8-17-5-3-4-6-18(17)13-16/h3-8,13,23H,2,9-12,14-15H2,1H3,(H,21,24). The molecule has 2 amide bonds. The zero-order valence-corrected chi connectivity index (χ0v) is 14.3. The van der Waals surface area contributed by atoms with E-state index >= 15 is 0 Å². The average molecular weight is 326 g/mol. The number of urea groups is 1. The molecule has 128 valence electrons. The van der Waals surface area contributed by atoms with Gasteiger partial charge in [-0.1, -0.05) is 43.3 Å². The van der Waals surface area contributed by atoms with Crippen molar-refractivity contribution in [1.82, 2.24) is 10.2 Å². The predicted molar refractivity (Wildman–Crippen MR) is 96.8 cm³/mol. The number of aliphatic hydroxyl groups is 1. The van der Waals surface area contributed by atoms with E-state index in [1.54, 1.807) is 0 Å². The molecular weight excluding hydrogens is 300 g/mol. The molecule has 0 radical (unpaired) electrons. The molecule has 4 nitrogen and oxygen atoms in total. The van der Waals surface area contributed by atoms with Gasteiger partial charge in [0.2, 0.25) is 0 Å². The summed E-state index contributed by atoms with van der Waals surface area (Å²) >= 11 is 0. The van der Waals surface area contributed by atoms with E-state index < -0.39 is 0 Å². The molecule has 2 aromatic rings. The van der Waals surface area contributed by atoms with E-state index in [0.717, 1.165) is 37.9 Å². The Labute approximate surface area is 143 Å². The van der Waals surface area contributed by atoms with Crippen molar-refractivity contribution in [3.05, 3.63) is 48.0 Å². The van der Waals surface area contributed by atoms with Crippen molar-refractivity contribution >= 4 is 16.8 Å². The van der Waals surface area contributed by atoms with Crippen LogP contribution in [0.15, 0.2) is 42.5 Å². The minimum Gasteiger partial charge on any atom is -0.396 e. The van der Waals surface area contributed by atoms with Crippen LogP contribution < -0.4 is 5.32 Å². The van der Waals surface area contributed by atoms with E-state index in [-0.39, 0.29) is 18.1 Å². The number of carbonyl (C=O) groups excluding carboxylic acids is 1. The third kappa shape index (κ3) is 3.54. The molecule has 1 aliphatic heterocycles. The summed E-state index contributed by atoms with van der Waals surface area (Å²) in [4.78, 5) is 14.2. The van der Waals surface area contributed by atoms with Crippen LogP contribution in [-0.4, -0.2) is 35.7 Å². The maximum absolute atomic E-state index is 12.4. The second kappa shape index (κ2) is 7.22. The number of rotatable bonds is 4. The van der Waals surface area contributed by atoms with E-state index in [0.29, 0.717) is 6.54 Å². The molecular formula is C20H26N2O2. The third-order valence-electron chi connectivity index (χ3n) is 5.45. The fraction of sp³-hybridized carbons (Fsp3) is 0.450. The maximum atomic E-state index is 12.4. The average Bonchev–Trinajstić information content (AvgIpc) is 2.66. The molecule has 0 aromatic heterocycles. The smallest absolute Gasteiger partial charge is 0.317 e. The number of benzene rings is 2. The largest absolute Gasteiger partial charge is 0.396 e. The normalized spacial score (nSPS) is 17.0. The van der Waals surface area contributed by atoms with Crippen LogP contribution in [0.25, 0.3) is 10.8 Å². The fourth-order valence-corrected chi connectivity index (χ4v) is 3.45. The second-order valence-corrected chi connectivity index (χ2v) is 6.84. The predicted octanol–water partition coefficient (Wildman–Crippen LogP) is 3.53. The van der Waals surface area contributed by atoms with Crippen LogP contribution >= 0.6 is 0 Å². The number of hydrogen-bond acceptors (Lipinski definition) is 2. The Hall–Kier alpha value is -2.07. The molecule has 0 unspecified atom stereocenters. The van der Waals surface area contributed by atoms with Crippen molar-refractivity contribution in [3.63, 3.8) is 0 Å². The molecule has 0 atom stereocenters. The van der Waals surface area contributed by atoms with Crippen LogP contribution in [0.5, 0.6) is 0 Å². The highest BCUT2D eigenvalue weighted by Gasteiger charge is 2.33. The molecule has 0 spiro atoms. The number of piperidine rings is 1. The summed E-state index contributed by atoms with van der Waals surface area (Å²) in [6, 6.07) is 14.5. The van der Waals surface area contributed by atoms with Gasteiger partial charge in [0, 0.05) is 26.2 Å². The summed E-state index contributed by atoms with van der Waals surface area (Å²) in [5, 5.41) is 15.0. The van der Waals surface area contributed by atoms with Crippen molar-refractivity contribution in [1.29, 1.82) is 0 Å². The highest BCUT2D eigenvalue weighted by Crippen LogP contribution is 2.34. The Morgan fingerprint density at radius 2 is 1.88 bits per heavy atom. The number of nitrogens with zero attached hydrogens (tertiary/aromatic N) is 1. The highest BCUT2D eigenvalue weighted by atomic mass is 16.3. The monoisotopic (exact) mass is 326 g/mol. The quantitative estimate of drug-likeness (QED) is 0.903. The SMILES string of the molecule is CCC1(CO)CCN(C(=O)NCc2ccc3ccccc3c2)CC1. The lowest BCUT2D eigenvalue weighted by molar-refractivity contribution is 0.0519. The fourth-order valence-electron chi connectivity index (χ4n) is 3.45. The van der Waals surface area contributed by atoms with E-state index in [9.17, 15) is 9.90 Å². The van der Waals surface area contributed by atoms with Gasteiger partial charge >= 0.3 is 6.03 Å². The molecule has 1 saturated heterocycles. The first-order valence-corrected chi connectivity index (χ1v) is 8.77. The Balaban J connectivity index is 1.55. The summed E-state index contributed by atoms with van der Waals surface area (Å²) in [7, 11) is 0. The third-order valence-corrected chi connectivity index (χ3v) is 5.45. The summed E-state index contributed by atoms with van der Waals surface area (Å²) < 4.78 is 0. The van der Waals surface area contributed by atoms with E-state index in [1.807, 2.05) is 17.0 Å². The first-order chi connectivity index (χ1) is 11.7. The molecule has 0 aliphatic carbocycles. The number of aliphatic hydroxyl groups excluding tert-OH is 1. The molecule has 1 fully saturated rings. The number of carbonyl (C=O) groups is 1. The number of amides is 2. The maximum Gasteiger partial charge on any atom is 0.317 e. The summed E-state index contributed by atoms with van der Waals surface area (Å²) in [6.45, 7) is 4.32. The Bertz CT molecular complexity index is 700. The lowest BCUT2D eigenvalue weighted by Crippen LogP contribution is -2.48. The second-order valence-electron chi connectivity index (χ2n) is 6.84. The Kier molecular flexibility index (Phi) is 5.05. The van der Waals surface area contributed by atoms with Crippen LogP contribution in [0.4, 0.5) is 4.79 Å². The topological polar surface area (TPSA) is 52.6 Å². The molecule has 24 heavy (non-hydrogen) atoms. The van der Waals surface area contributed by atoms with Gasteiger partial charge in [-0.3, -0.25) is 0 Å². The first-order valence-electron chi connectivity index (χ1n) is 8.77. The van der Waals surface area contributed by atoms with E-state index in [4.69, 9.17) is 0 Å². The molecule has 1 aliphatic rings. The van der Waals surface area contributed by atoms with Crippen LogP contribution in [-0.2, 0) is 6.54 Å². The van der Waals surface area contributed by atoms with Gasteiger partial charge in [0.1, 0.15) is 0 Å². The lowest BCUT2D eigenvalue weighted by atomic mass is 9.77. The summed E-state index contributed by atoms with van der Waals surface area (Å²) in [6.07, 6.45) is 2.73. The lowest BCUT2D eigenvalue weighted by Gasteiger charge is -2.40. The summed E-state index contributed by atoms with van der Waals surface area (Å²) in [5.41, 5.74) is 1.12. The molecule has 4 heteroatoms. The van der Waals surface area contributed by atoms with Crippen molar-refractivity contribution in [2.45, 2.75) is 32.7 Å². The van der Waals surface area contributed by atoms with Gasteiger partial charge in [0.15, 0.2) is 0 Å². The van der Waals surface area contributed by atoms with E-state index in [1.165, 1.54) is 10.8 Å². The zero-order chi connectivity index (χ0) is 17.0. The number of hydrogen-bond donors (Lipinski definition) is 2. The van der Waals surface area contributed by atoms with Crippen molar-refractivity contribution in [3.8, 4) is 0 Å². The van der Waals surface area contributed by atoms with Gasteiger partial charge in [0.05, 0.1) is 0 Å². The molecule has 3 rings (SSSR count). The minimum absolute atomic E-state index is 0.00852. The van der Waals surface area contributed by atoms with Gasteiger partial charge < -0.3 is 15.3 Å². The van der Waals surface area contributed by atoms with Gasteiger partial charge in [-0.15, -0.1) is 0 Å². The van der Waals surface area contributed by atoms with Gasteiger partial charge in [0.25, 0.3) is 0 Å². The van der Waals surface area contributed by atoms with E-state index in [2.05, 4.69) is 42.6 Å². The van der Waals surface area contributed by atoms with Crippen LogP contribution in [0.1, 0.15) is 31.7 Å². The first kappa shape index (κ1) is 16.8.